The molecule has 1 aromatic rings. The fraction of sp³-hybridized carbons (Fsp3) is 0.600. The van der Waals surface area contributed by atoms with E-state index in [0.29, 0.717) is 24.9 Å². The molecular weight excluding hydrogens is 272 g/mol. The Kier molecular flexibility index (Phi) is 5.18. The summed E-state index contributed by atoms with van der Waals surface area (Å²) in [6, 6.07) is 7.45. The maximum Gasteiger partial charge on any atom is 0.215 e. The smallest absolute Gasteiger partial charge is 0.215 e. The Morgan fingerprint density at radius 2 is 2.05 bits per heavy atom. The summed E-state index contributed by atoms with van der Waals surface area (Å²) in [5.74, 6) is 1.14. The molecule has 5 heteroatoms. The third-order valence-electron chi connectivity index (χ3n) is 4.19. The van der Waals surface area contributed by atoms with Crippen LogP contribution in [0.3, 0.4) is 0 Å². The fourth-order valence-electron chi connectivity index (χ4n) is 2.88. The lowest BCUT2D eigenvalue weighted by Gasteiger charge is -2.16. The molecule has 112 valence electrons. The SMILES string of the molecule is CC1CCCC1CNS(=O)(=O)Cc1cccc(CN)c1. The highest BCUT2D eigenvalue weighted by Gasteiger charge is 2.24. The van der Waals surface area contributed by atoms with Crippen molar-refractivity contribution in [1.82, 2.24) is 4.72 Å². The molecule has 2 unspecified atom stereocenters. The lowest BCUT2D eigenvalue weighted by molar-refractivity contribution is 0.414. The highest BCUT2D eigenvalue weighted by atomic mass is 32.2. The molecule has 0 heterocycles. The zero-order valence-electron chi connectivity index (χ0n) is 12.0. The number of hydrogen-bond acceptors (Lipinski definition) is 3. The molecule has 1 aliphatic rings. The average Bonchev–Trinajstić information content (AvgIpc) is 2.82. The van der Waals surface area contributed by atoms with Crippen LogP contribution in [0, 0.1) is 11.8 Å². The molecule has 0 spiro atoms. The van der Waals surface area contributed by atoms with Gasteiger partial charge in [0.25, 0.3) is 0 Å². The second kappa shape index (κ2) is 6.70. The Balaban J connectivity index is 1.93. The maximum atomic E-state index is 12.1. The third-order valence-corrected chi connectivity index (χ3v) is 5.51. The monoisotopic (exact) mass is 296 g/mol. The number of sulfonamides is 1. The van der Waals surface area contributed by atoms with Crippen molar-refractivity contribution >= 4 is 10.0 Å². The Bertz CT molecular complexity index is 543. The molecule has 0 aliphatic heterocycles. The number of nitrogens with two attached hydrogens (primary N) is 1. The van der Waals surface area contributed by atoms with Crippen LogP contribution in [0.25, 0.3) is 0 Å². The van der Waals surface area contributed by atoms with E-state index in [1.54, 1.807) is 0 Å². The number of rotatable bonds is 6. The Hall–Kier alpha value is -0.910. The van der Waals surface area contributed by atoms with E-state index < -0.39 is 10.0 Å². The summed E-state index contributed by atoms with van der Waals surface area (Å²) in [4.78, 5) is 0. The summed E-state index contributed by atoms with van der Waals surface area (Å²) in [7, 11) is -3.26. The van der Waals surface area contributed by atoms with E-state index in [0.717, 1.165) is 17.5 Å². The van der Waals surface area contributed by atoms with E-state index in [1.807, 2.05) is 24.3 Å². The van der Waals surface area contributed by atoms with Crippen LogP contribution in [-0.4, -0.2) is 15.0 Å². The first-order valence-corrected chi connectivity index (χ1v) is 8.90. The summed E-state index contributed by atoms with van der Waals surface area (Å²) in [5, 5.41) is 0. The third kappa shape index (κ3) is 4.30. The van der Waals surface area contributed by atoms with Crippen LogP contribution in [0.2, 0.25) is 0 Å². The van der Waals surface area contributed by atoms with Crippen LogP contribution in [0.4, 0.5) is 0 Å². The zero-order chi connectivity index (χ0) is 14.6. The standard InChI is InChI=1S/C15H24N2O2S/c1-12-4-2-7-15(12)10-17-20(18,19)11-14-6-3-5-13(8-14)9-16/h3,5-6,8,12,15,17H,2,4,7,9-11,16H2,1H3. The minimum absolute atomic E-state index is 0.0297. The fourth-order valence-corrected chi connectivity index (χ4v) is 4.06. The van der Waals surface area contributed by atoms with Crippen LogP contribution in [-0.2, 0) is 22.3 Å². The first-order valence-electron chi connectivity index (χ1n) is 7.25. The molecule has 4 nitrogen and oxygen atoms in total. The van der Waals surface area contributed by atoms with Crippen LogP contribution in [0.15, 0.2) is 24.3 Å². The lowest BCUT2D eigenvalue weighted by Crippen LogP contribution is -2.31. The summed E-state index contributed by atoms with van der Waals surface area (Å²) in [6.07, 6.45) is 3.56. The molecular formula is C15H24N2O2S. The number of benzene rings is 1. The molecule has 0 radical (unpaired) electrons. The Morgan fingerprint density at radius 1 is 1.30 bits per heavy atom. The Labute approximate surface area is 121 Å². The normalized spacial score (nSPS) is 23.1. The van der Waals surface area contributed by atoms with E-state index in [1.165, 1.54) is 12.8 Å². The van der Waals surface area contributed by atoms with Gasteiger partial charge in [-0.05, 0) is 29.4 Å². The van der Waals surface area contributed by atoms with E-state index in [2.05, 4.69) is 11.6 Å². The molecule has 0 amide bonds. The summed E-state index contributed by atoms with van der Waals surface area (Å²) in [5.41, 5.74) is 7.33. The number of hydrogen-bond donors (Lipinski definition) is 2. The summed E-state index contributed by atoms with van der Waals surface area (Å²) >= 11 is 0. The first-order chi connectivity index (χ1) is 9.50. The predicted molar refractivity (Wildman–Crippen MR) is 81.5 cm³/mol. The van der Waals surface area contributed by atoms with Crippen LogP contribution in [0.5, 0.6) is 0 Å². The van der Waals surface area contributed by atoms with E-state index in [-0.39, 0.29) is 5.75 Å². The lowest BCUT2D eigenvalue weighted by atomic mass is 9.99. The maximum absolute atomic E-state index is 12.1. The van der Waals surface area contributed by atoms with Crippen molar-refractivity contribution < 1.29 is 8.42 Å². The van der Waals surface area contributed by atoms with Crippen LogP contribution < -0.4 is 10.5 Å². The summed E-state index contributed by atoms with van der Waals surface area (Å²) in [6.45, 7) is 3.21. The minimum atomic E-state index is -3.26. The minimum Gasteiger partial charge on any atom is -0.326 e. The molecule has 2 atom stereocenters. The zero-order valence-corrected chi connectivity index (χ0v) is 12.8. The quantitative estimate of drug-likeness (QED) is 0.843. The topological polar surface area (TPSA) is 72.2 Å². The number of nitrogens with one attached hydrogen (secondary N) is 1. The molecule has 20 heavy (non-hydrogen) atoms. The molecule has 1 aliphatic carbocycles. The van der Waals surface area contributed by atoms with Gasteiger partial charge < -0.3 is 5.73 Å². The highest BCUT2D eigenvalue weighted by Crippen LogP contribution is 2.30. The van der Waals surface area contributed by atoms with Gasteiger partial charge in [0.1, 0.15) is 0 Å². The highest BCUT2D eigenvalue weighted by molar-refractivity contribution is 7.88. The van der Waals surface area contributed by atoms with Gasteiger partial charge in [-0.1, -0.05) is 44.0 Å². The second-order valence-corrected chi connectivity index (χ2v) is 7.61. The van der Waals surface area contributed by atoms with E-state index in [4.69, 9.17) is 5.73 Å². The van der Waals surface area contributed by atoms with Gasteiger partial charge in [-0.25, -0.2) is 13.1 Å². The van der Waals surface area contributed by atoms with Gasteiger partial charge in [0.15, 0.2) is 0 Å². The predicted octanol–water partition coefficient (Wildman–Crippen LogP) is 2.00. The van der Waals surface area contributed by atoms with Crippen molar-refractivity contribution in [3.63, 3.8) is 0 Å². The molecule has 1 aromatic carbocycles. The van der Waals surface area contributed by atoms with Gasteiger partial charge in [-0.3, -0.25) is 0 Å². The first kappa shape index (κ1) is 15.5. The van der Waals surface area contributed by atoms with Crippen molar-refractivity contribution in [3.8, 4) is 0 Å². The van der Waals surface area contributed by atoms with Gasteiger partial charge >= 0.3 is 0 Å². The second-order valence-electron chi connectivity index (χ2n) is 5.80. The van der Waals surface area contributed by atoms with Gasteiger partial charge in [0, 0.05) is 13.1 Å². The van der Waals surface area contributed by atoms with E-state index in [9.17, 15) is 8.42 Å². The van der Waals surface area contributed by atoms with Crippen molar-refractivity contribution in [2.24, 2.45) is 17.6 Å². The Morgan fingerprint density at radius 3 is 2.70 bits per heavy atom. The summed E-state index contributed by atoms with van der Waals surface area (Å²) < 4.78 is 27.0. The molecule has 2 rings (SSSR count). The molecule has 0 aromatic heterocycles. The molecule has 1 fully saturated rings. The van der Waals surface area contributed by atoms with Gasteiger partial charge in [-0.2, -0.15) is 0 Å². The van der Waals surface area contributed by atoms with Crippen LogP contribution >= 0.6 is 0 Å². The average molecular weight is 296 g/mol. The van der Waals surface area contributed by atoms with E-state index >= 15 is 0 Å². The van der Waals surface area contributed by atoms with Crippen LogP contribution in [0.1, 0.15) is 37.3 Å². The van der Waals surface area contributed by atoms with Crippen molar-refractivity contribution in [1.29, 1.82) is 0 Å². The van der Waals surface area contributed by atoms with Crippen molar-refractivity contribution in [3.05, 3.63) is 35.4 Å². The van der Waals surface area contributed by atoms with Gasteiger partial charge in [0.05, 0.1) is 5.75 Å². The molecule has 1 saturated carbocycles. The van der Waals surface area contributed by atoms with Crippen molar-refractivity contribution in [2.45, 2.75) is 38.5 Å². The molecule has 3 N–H and O–H groups in total. The van der Waals surface area contributed by atoms with Crippen molar-refractivity contribution in [2.75, 3.05) is 6.54 Å². The van der Waals surface area contributed by atoms with Gasteiger partial charge in [0.2, 0.25) is 10.0 Å². The van der Waals surface area contributed by atoms with Gasteiger partial charge in [-0.15, -0.1) is 0 Å². The largest absolute Gasteiger partial charge is 0.326 e. The molecule has 0 bridgehead atoms. The molecule has 0 saturated heterocycles.